The van der Waals surface area contributed by atoms with E-state index in [-0.39, 0.29) is 87.8 Å². The van der Waals surface area contributed by atoms with Crippen molar-refractivity contribution >= 4 is 123 Å². The van der Waals surface area contributed by atoms with Crippen LogP contribution in [0.15, 0.2) is 42.5 Å². The summed E-state index contributed by atoms with van der Waals surface area (Å²) in [4.78, 5) is 141. The summed E-state index contributed by atoms with van der Waals surface area (Å²) in [5.74, 6) is -10.7. The van der Waals surface area contributed by atoms with Gasteiger partial charge in [0, 0.05) is 63.6 Å². The minimum Gasteiger partial charge on any atom is -0.488 e. The molecule has 0 unspecified atom stereocenters. The van der Waals surface area contributed by atoms with E-state index in [1.807, 2.05) is 0 Å². The van der Waals surface area contributed by atoms with E-state index in [0.29, 0.717) is 5.56 Å². The molecule has 86 heavy (non-hydrogen) atoms. The van der Waals surface area contributed by atoms with E-state index < -0.39 is 143 Å². The lowest BCUT2D eigenvalue weighted by Gasteiger charge is -2.45. The quantitative estimate of drug-likeness (QED) is 0.0214. The first-order valence-corrected chi connectivity index (χ1v) is 26.8. The summed E-state index contributed by atoms with van der Waals surface area (Å²) in [7, 11) is 0. The van der Waals surface area contributed by atoms with Crippen LogP contribution in [0.1, 0.15) is 99.1 Å². The Labute approximate surface area is 509 Å². The molecule has 4 aromatic rings. The molecule has 460 valence electrons. The third-order valence-corrected chi connectivity index (χ3v) is 13.7. The maximum Gasteiger partial charge on any atom is 0.340 e. The van der Waals surface area contributed by atoms with Gasteiger partial charge >= 0.3 is 65.7 Å². The first-order chi connectivity index (χ1) is 40.5. The van der Waals surface area contributed by atoms with Crippen molar-refractivity contribution in [2.75, 3.05) is 76.4 Å². The van der Waals surface area contributed by atoms with Gasteiger partial charge in [0.05, 0.1) is 37.0 Å². The number of hydrogen-bond donors (Lipinski definition) is 0. The van der Waals surface area contributed by atoms with Crippen molar-refractivity contribution in [2.45, 2.75) is 73.3 Å². The first kappa shape index (κ1) is 66.5. The molecule has 26 nitrogen and oxygen atoms in total. The Balaban J connectivity index is 1.55. The fraction of sp³-hybridized carbons (Fsp3) is 0.375. The van der Waals surface area contributed by atoms with Gasteiger partial charge in [-0.2, -0.15) is 0 Å². The Kier molecular flexibility index (Phi) is 22.1. The molecule has 2 aliphatic rings. The number of hydrogen-bond acceptors (Lipinski definition) is 26. The lowest BCUT2D eigenvalue weighted by molar-refractivity contribution is -0.167. The average molecular weight is 1280 g/mol. The highest BCUT2D eigenvalue weighted by molar-refractivity contribution is 6.39. The maximum absolute atomic E-state index is 14.9. The predicted molar refractivity (Wildman–Crippen MR) is 297 cm³/mol. The average Bonchev–Trinajstić information content (AvgIpc) is 1.25. The third-order valence-electron chi connectivity index (χ3n) is 12.4. The van der Waals surface area contributed by atoms with E-state index in [1.54, 1.807) is 32.9 Å². The number of anilines is 2. The Bertz CT molecular complexity index is 3270. The number of aryl methyl sites for hydroxylation is 1. The van der Waals surface area contributed by atoms with Crippen molar-refractivity contribution in [1.82, 2.24) is 0 Å². The summed E-state index contributed by atoms with van der Waals surface area (Å²) in [6, 6.07) is 9.88. The molecule has 6 rings (SSSR count). The van der Waals surface area contributed by atoms with Crippen LogP contribution in [-0.2, 0) is 102 Å². The molecule has 0 fully saturated rings. The molecule has 0 radical (unpaired) electrons. The summed E-state index contributed by atoms with van der Waals surface area (Å²) in [5.41, 5.74) is -2.98. The lowest BCUT2D eigenvalue weighted by atomic mass is 9.61. The number of carbonyl (C=O) groups excluding carboxylic acids is 11. The summed E-state index contributed by atoms with van der Waals surface area (Å²) in [5, 5.41) is -0.928. The van der Waals surface area contributed by atoms with Crippen LogP contribution in [0.4, 0.5) is 11.4 Å². The van der Waals surface area contributed by atoms with Crippen LogP contribution in [0.25, 0.3) is 0 Å². The largest absolute Gasteiger partial charge is 0.488 e. The van der Waals surface area contributed by atoms with Crippen molar-refractivity contribution in [3.05, 3.63) is 101 Å². The van der Waals surface area contributed by atoms with Crippen LogP contribution < -0.4 is 28.7 Å². The van der Waals surface area contributed by atoms with Gasteiger partial charge < -0.3 is 71.4 Å². The molecule has 0 atom stereocenters. The van der Waals surface area contributed by atoms with E-state index in [9.17, 15) is 52.7 Å². The lowest BCUT2D eigenvalue weighted by Crippen LogP contribution is -2.42. The van der Waals surface area contributed by atoms with E-state index in [0.717, 1.165) is 46.4 Å². The van der Waals surface area contributed by atoms with Crippen molar-refractivity contribution < 1.29 is 114 Å². The van der Waals surface area contributed by atoms with Gasteiger partial charge in [0.1, 0.15) is 50.9 Å². The van der Waals surface area contributed by atoms with Gasteiger partial charge in [0.25, 0.3) is 0 Å². The topological polar surface area (TPSA) is 314 Å². The van der Waals surface area contributed by atoms with Crippen molar-refractivity contribution in [2.24, 2.45) is 0 Å². The highest BCUT2D eigenvalue weighted by atomic mass is 35.5. The number of rotatable bonds is 25. The molecule has 30 heteroatoms. The number of esters is 11. The first-order valence-electron chi connectivity index (χ1n) is 25.3. The zero-order chi connectivity index (χ0) is 63.5. The molecule has 0 saturated heterocycles. The molecule has 1 aliphatic carbocycles. The number of ether oxygens (including phenoxy) is 13. The predicted octanol–water partition coefficient (Wildman–Crippen LogP) is 6.89. The van der Waals surface area contributed by atoms with Gasteiger partial charge in [0.2, 0.25) is 27.2 Å². The Morgan fingerprint density at radius 3 is 1.22 bits per heavy atom. The highest BCUT2D eigenvalue weighted by Crippen LogP contribution is 2.63. The van der Waals surface area contributed by atoms with E-state index in [4.69, 9.17) is 108 Å². The van der Waals surface area contributed by atoms with Crippen molar-refractivity contribution in [3.8, 4) is 23.0 Å². The standard InChI is InChI=1S/C56H54Cl4N2O24/c1-27-10-11-40(61(19-44(69)80-23-76-28(2)63)20-45(70)81-24-77-29(3)64)42(14-27)74-12-13-75-43-18-35-34(15-41(43)62(21-46(71)82-25-78-30(4)65)22-47(72)83-26-79-31(5)66)54(73)86-56(35)36-16-38(57)52(84-32(6)67)50(59)48(36)55(8,9)49-37(56)17-39(58)53(51(49)60)85-33(7)68/h10-11,14-18H,12-13,19-26H2,1-9H3. The van der Waals surface area contributed by atoms with Crippen LogP contribution in [0, 0.1) is 6.92 Å². The SMILES string of the molecule is CC(=O)OCOC(=O)CN(CC(=O)OCOC(C)=O)c1ccc(C)cc1OCCOc1cc2c(cc1N(CC(=O)OCOC(C)=O)CC(=O)OCOC(C)=O)C(=O)OC21c2cc(Cl)c(OC(C)=O)c(Cl)c2C(C)(C)c2c1cc(Cl)c(OC(C)=O)c2Cl. The van der Waals surface area contributed by atoms with Crippen LogP contribution in [-0.4, -0.2) is 132 Å². The molecule has 0 bridgehead atoms. The molecule has 0 amide bonds. The second kappa shape index (κ2) is 28.5. The molecule has 0 N–H and O–H groups in total. The normalized spacial score (nSPS) is 12.8. The number of fused-ring (bicyclic) bond motifs is 6. The second-order valence-corrected chi connectivity index (χ2v) is 20.6. The zero-order valence-electron chi connectivity index (χ0n) is 47.3. The Hall–Kier alpha value is -8.59. The van der Waals surface area contributed by atoms with Crippen molar-refractivity contribution in [3.63, 3.8) is 0 Å². The molecule has 0 aromatic heterocycles. The third kappa shape index (κ3) is 15.8. The van der Waals surface area contributed by atoms with Crippen LogP contribution in [0.2, 0.25) is 20.1 Å². The highest BCUT2D eigenvalue weighted by Gasteiger charge is 2.58. The van der Waals surface area contributed by atoms with Gasteiger partial charge in [-0.25, -0.2) is 4.79 Å². The van der Waals surface area contributed by atoms with Gasteiger partial charge in [-0.05, 0) is 60.0 Å². The fourth-order valence-electron chi connectivity index (χ4n) is 9.04. The van der Waals surface area contributed by atoms with Crippen LogP contribution in [0.5, 0.6) is 23.0 Å². The molecule has 1 aliphatic heterocycles. The zero-order valence-corrected chi connectivity index (χ0v) is 50.3. The number of halogens is 4. The smallest absolute Gasteiger partial charge is 0.340 e. The van der Waals surface area contributed by atoms with Crippen LogP contribution in [0.3, 0.4) is 0 Å². The molecular formula is C56H54Cl4N2O24. The minimum atomic E-state index is -2.21. The van der Waals surface area contributed by atoms with Crippen LogP contribution >= 0.6 is 46.4 Å². The van der Waals surface area contributed by atoms with Gasteiger partial charge in [-0.15, -0.1) is 0 Å². The fourth-order valence-corrected chi connectivity index (χ4v) is 10.6. The van der Waals surface area contributed by atoms with E-state index >= 15 is 0 Å². The van der Waals surface area contributed by atoms with Gasteiger partial charge in [-0.3, -0.25) is 47.9 Å². The Morgan fingerprint density at radius 1 is 0.477 bits per heavy atom. The molecular weight excluding hydrogens is 1230 g/mol. The summed E-state index contributed by atoms with van der Waals surface area (Å²) >= 11 is 28.3. The molecule has 1 spiro atoms. The second-order valence-electron chi connectivity index (χ2n) is 19.1. The van der Waals surface area contributed by atoms with Gasteiger partial charge in [0.15, 0.2) is 17.1 Å². The summed E-state index contributed by atoms with van der Waals surface area (Å²) in [6.45, 7) is 4.45. The number of nitrogens with zero attached hydrogens (tertiary/aromatic N) is 2. The molecule has 0 saturated carbocycles. The summed E-state index contributed by atoms with van der Waals surface area (Å²) < 4.78 is 69.7. The Morgan fingerprint density at radius 2 is 0.849 bits per heavy atom. The number of benzene rings is 4. The molecule has 1 heterocycles. The van der Waals surface area contributed by atoms with E-state index in [2.05, 4.69) is 0 Å². The maximum atomic E-state index is 14.9. The minimum absolute atomic E-state index is 0.0377. The van der Waals surface area contributed by atoms with Gasteiger partial charge in [-0.1, -0.05) is 66.3 Å². The summed E-state index contributed by atoms with van der Waals surface area (Å²) in [6.07, 6.45) is 0. The van der Waals surface area contributed by atoms with E-state index in [1.165, 1.54) is 35.2 Å². The number of carbonyl (C=O) groups is 11. The molecule has 4 aromatic carbocycles. The monoisotopic (exact) mass is 1280 g/mol. The van der Waals surface area contributed by atoms with Crippen molar-refractivity contribution in [1.29, 1.82) is 0 Å².